The zero-order valence-electron chi connectivity index (χ0n) is 19.7. The van der Waals surface area contributed by atoms with Crippen molar-refractivity contribution < 1.29 is 4.79 Å². The third kappa shape index (κ3) is 5.48. The van der Waals surface area contributed by atoms with E-state index in [1.165, 1.54) is 17.3 Å². The highest BCUT2D eigenvalue weighted by Crippen LogP contribution is 2.28. The Morgan fingerprint density at radius 1 is 0.912 bits per heavy atom. The van der Waals surface area contributed by atoms with Crippen molar-refractivity contribution in [3.63, 3.8) is 0 Å². The number of aromatic nitrogens is 3. The molecule has 1 heterocycles. The number of rotatable bonds is 9. The maximum absolute atomic E-state index is 12.7. The van der Waals surface area contributed by atoms with E-state index in [1.807, 2.05) is 71.3 Å². The SMILES string of the molecule is CCN(CC)c1ccc(NC(=O)CSc2nnc(-c3ccccc3)n2-c2ccc(C)cc2)cc1. The highest BCUT2D eigenvalue weighted by molar-refractivity contribution is 7.99. The molecule has 174 valence electrons. The Balaban J connectivity index is 1.50. The quantitative estimate of drug-likeness (QED) is 0.312. The summed E-state index contributed by atoms with van der Waals surface area (Å²) in [5, 5.41) is 12.5. The molecule has 0 unspecified atom stereocenters. The zero-order chi connectivity index (χ0) is 23.9. The summed E-state index contributed by atoms with van der Waals surface area (Å²) in [6.45, 7) is 8.23. The molecule has 34 heavy (non-hydrogen) atoms. The van der Waals surface area contributed by atoms with Crippen LogP contribution in [0.15, 0.2) is 84.0 Å². The van der Waals surface area contributed by atoms with E-state index in [2.05, 4.69) is 53.3 Å². The molecule has 0 aliphatic heterocycles. The van der Waals surface area contributed by atoms with Crippen LogP contribution in [-0.4, -0.2) is 39.5 Å². The van der Waals surface area contributed by atoms with Crippen LogP contribution in [0, 0.1) is 6.92 Å². The Morgan fingerprint density at radius 3 is 2.24 bits per heavy atom. The van der Waals surface area contributed by atoms with Gasteiger partial charge in [0, 0.05) is 35.7 Å². The molecule has 7 heteroatoms. The van der Waals surface area contributed by atoms with E-state index >= 15 is 0 Å². The molecule has 0 radical (unpaired) electrons. The fourth-order valence-corrected chi connectivity index (χ4v) is 4.49. The molecule has 0 saturated heterocycles. The van der Waals surface area contributed by atoms with Crippen molar-refractivity contribution in [2.45, 2.75) is 25.9 Å². The fraction of sp³-hybridized carbons (Fsp3) is 0.222. The van der Waals surface area contributed by atoms with Gasteiger partial charge in [-0.1, -0.05) is 59.8 Å². The lowest BCUT2D eigenvalue weighted by molar-refractivity contribution is -0.113. The lowest BCUT2D eigenvalue weighted by Crippen LogP contribution is -2.21. The number of hydrogen-bond acceptors (Lipinski definition) is 5. The van der Waals surface area contributed by atoms with Crippen molar-refractivity contribution in [2.24, 2.45) is 0 Å². The summed E-state index contributed by atoms with van der Waals surface area (Å²) in [4.78, 5) is 15.0. The first-order valence-corrected chi connectivity index (χ1v) is 12.4. The molecule has 1 N–H and O–H groups in total. The molecule has 0 aliphatic rings. The van der Waals surface area contributed by atoms with Gasteiger partial charge in [-0.2, -0.15) is 0 Å². The smallest absolute Gasteiger partial charge is 0.234 e. The molecule has 4 rings (SSSR count). The number of carbonyl (C=O) groups is 1. The van der Waals surface area contributed by atoms with E-state index < -0.39 is 0 Å². The fourth-order valence-electron chi connectivity index (χ4n) is 3.74. The van der Waals surface area contributed by atoms with Crippen LogP contribution in [-0.2, 0) is 4.79 Å². The van der Waals surface area contributed by atoms with Gasteiger partial charge in [-0.15, -0.1) is 10.2 Å². The first kappa shape index (κ1) is 23.6. The predicted octanol–water partition coefficient (Wildman–Crippen LogP) is 5.82. The molecule has 4 aromatic rings. The van der Waals surface area contributed by atoms with E-state index in [-0.39, 0.29) is 11.7 Å². The molecule has 1 aromatic heterocycles. The predicted molar refractivity (Wildman–Crippen MR) is 141 cm³/mol. The van der Waals surface area contributed by atoms with Gasteiger partial charge < -0.3 is 10.2 Å². The number of benzene rings is 3. The third-order valence-corrected chi connectivity index (χ3v) is 6.50. The van der Waals surface area contributed by atoms with Crippen LogP contribution in [0.4, 0.5) is 11.4 Å². The average molecular weight is 472 g/mol. The van der Waals surface area contributed by atoms with Gasteiger partial charge in [0.2, 0.25) is 5.91 Å². The summed E-state index contributed by atoms with van der Waals surface area (Å²) in [6.07, 6.45) is 0. The van der Waals surface area contributed by atoms with Crippen molar-refractivity contribution in [1.82, 2.24) is 14.8 Å². The van der Waals surface area contributed by atoms with Crippen molar-refractivity contribution >= 4 is 29.0 Å². The Kier molecular flexibility index (Phi) is 7.65. The summed E-state index contributed by atoms with van der Waals surface area (Å²) in [5.41, 5.74) is 5.05. The number of carbonyl (C=O) groups excluding carboxylic acids is 1. The Labute approximate surface area is 205 Å². The van der Waals surface area contributed by atoms with Gasteiger partial charge in [0.15, 0.2) is 11.0 Å². The maximum atomic E-state index is 12.7. The van der Waals surface area contributed by atoms with E-state index in [0.717, 1.165) is 41.5 Å². The number of nitrogens with one attached hydrogen (secondary N) is 1. The van der Waals surface area contributed by atoms with E-state index in [0.29, 0.717) is 5.16 Å². The first-order valence-electron chi connectivity index (χ1n) is 11.4. The standard InChI is InChI=1S/C27H29N5OS/c1-4-31(5-2)23-17-13-22(14-18-23)28-25(33)19-34-27-30-29-26(21-9-7-6-8-10-21)32(27)24-15-11-20(3)12-16-24/h6-18H,4-5,19H2,1-3H3,(H,28,33). The number of anilines is 2. The van der Waals surface area contributed by atoms with Crippen molar-refractivity contribution in [3.8, 4) is 17.1 Å². The molecule has 1 amide bonds. The van der Waals surface area contributed by atoms with Gasteiger partial charge in [-0.05, 0) is 57.2 Å². The van der Waals surface area contributed by atoms with Gasteiger partial charge in [0.25, 0.3) is 0 Å². The average Bonchev–Trinajstić information content (AvgIpc) is 3.29. The second kappa shape index (κ2) is 11.0. The second-order valence-electron chi connectivity index (χ2n) is 7.90. The highest BCUT2D eigenvalue weighted by Gasteiger charge is 2.17. The molecule has 0 bridgehead atoms. The van der Waals surface area contributed by atoms with Gasteiger partial charge in [-0.3, -0.25) is 9.36 Å². The molecule has 0 fully saturated rings. The number of aryl methyl sites for hydroxylation is 1. The number of amides is 1. The maximum Gasteiger partial charge on any atom is 0.234 e. The first-order chi connectivity index (χ1) is 16.6. The number of thioether (sulfide) groups is 1. The summed E-state index contributed by atoms with van der Waals surface area (Å²) in [5.74, 6) is 0.899. The normalized spacial score (nSPS) is 10.8. The van der Waals surface area contributed by atoms with E-state index in [9.17, 15) is 4.79 Å². The molecular formula is C27H29N5OS. The van der Waals surface area contributed by atoms with Crippen molar-refractivity contribution in [2.75, 3.05) is 29.1 Å². The van der Waals surface area contributed by atoms with Crippen LogP contribution >= 0.6 is 11.8 Å². The van der Waals surface area contributed by atoms with Gasteiger partial charge in [-0.25, -0.2) is 0 Å². The number of hydrogen-bond donors (Lipinski definition) is 1. The summed E-state index contributed by atoms with van der Waals surface area (Å²) in [7, 11) is 0. The van der Waals surface area contributed by atoms with Crippen LogP contribution < -0.4 is 10.2 Å². The molecule has 0 atom stereocenters. The highest BCUT2D eigenvalue weighted by atomic mass is 32.2. The van der Waals surface area contributed by atoms with Gasteiger partial charge >= 0.3 is 0 Å². The summed E-state index contributed by atoms with van der Waals surface area (Å²) >= 11 is 1.37. The molecular weight excluding hydrogens is 442 g/mol. The minimum atomic E-state index is -0.0830. The van der Waals surface area contributed by atoms with Crippen molar-refractivity contribution in [1.29, 1.82) is 0 Å². The minimum absolute atomic E-state index is 0.0830. The van der Waals surface area contributed by atoms with Gasteiger partial charge in [0.05, 0.1) is 5.75 Å². The lowest BCUT2D eigenvalue weighted by atomic mass is 10.2. The second-order valence-corrected chi connectivity index (χ2v) is 8.84. The monoisotopic (exact) mass is 471 g/mol. The van der Waals surface area contributed by atoms with Crippen molar-refractivity contribution in [3.05, 3.63) is 84.4 Å². The molecule has 0 saturated carbocycles. The van der Waals surface area contributed by atoms with Crippen LogP contribution in [0.1, 0.15) is 19.4 Å². The molecule has 3 aromatic carbocycles. The Hall–Kier alpha value is -3.58. The van der Waals surface area contributed by atoms with E-state index in [4.69, 9.17) is 0 Å². The molecule has 6 nitrogen and oxygen atoms in total. The number of nitrogens with zero attached hydrogens (tertiary/aromatic N) is 4. The van der Waals surface area contributed by atoms with Crippen LogP contribution in [0.3, 0.4) is 0 Å². The van der Waals surface area contributed by atoms with Crippen LogP contribution in [0.5, 0.6) is 0 Å². The summed E-state index contributed by atoms with van der Waals surface area (Å²) < 4.78 is 2.01. The van der Waals surface area contributed by atoms with Crippen LogP contribution in [0.2, 0.25) is 0 Å². The minimum Gasteiger partial charge on any atom is -0.372 e. The zero-order valence-corrected chi connectivity index (χ0v) is 20.5. The Morgan fingerprint density at radius 2 is 1.59 bits per heavy atom. The lowest BCUT2D eigenvalue weighted by Gasteiger charge is -2.21. The Bertz CT molecular complexity index is 1220. The van der Waals surface area contributed by atoms with Crippen LogP contribution in [0.25, 0.3) is 17.1 Å². The largest absolute Gasteiger partial charge is 0.372 e. The summed E-state index contributed by atoms with van der Waals surface area (Å²) in [6, 6.07) is 26.1. The van der Waals surface area contributed by atoms with Gasteiger partial charge in [0.1, 0.15) is 0 Å². The topological polar surface area (TPSA) is 63.1 Å². The van der Waals surface area contributed by atoms with E-state index in [1.54, 1.807) is 0 Å². The molecule has 0 spiro atoms. The molecule has 0 aliphatic carbocycles. The third-order valence-electron chi connectivity index (χ3n) is 5.57.